The first-order valence-electron chi connectivity index (χ1n) is 9.03. The summed E-state index contributed by atoms with van der Waals surface area (Å²) in [6.45, 7) is 0. The smallest absolute Gasteiger partial charge is 0.303 e. The fourth-order valence-corrected chi connectivity index (χ4v) is 3.51. The van der Waals surface area contributed by atoms with Crippen LogP contribution in [0.4, 0.5) is 0 Å². The van der Waals surface area contributed by atoms with Gasteiger partial charge in [-0.05, 0) is 36.8 Å². The highest BCUT2D eigenvalue weighted by molar-refractivity contribution is 5.84. The van der Waals surface area contributed by atoms with Crippen molar-refractivity contribution in [1.82, 2.24) is 0 Å². The molecule has 0 saturated heterocycles. The number of unbranched alkanes of at least 4 members (excludes halogenated alkanes) is 3. The molecule has 1 saturated carbocycles. The molecule has 0 spiro atoms. The Morgan fingerprint density at radius 3 is 2.76 bits per heavy atom. The molecule has 1 aliphatic carbocycles. The molecule has 0 bridgehead atoms. The van der Waals surface area contributed by atoms with Crippen LogP contribution in [0.15, 0.2) is 30.3 Å². The lowest BCUT2D eigenvalue weighted by molar-refractivity contribution is -0.137. The Hall–Kier alpha value is -2.41. The lowest BCUT2D eigenvalue weighted by atomic mass is 9.89. The van der Waals surface area contributed by atoms with Gasteiger partial charge in [0, 0.05) is 18.8 Å². The summed E-state index contributed by atoms with van der Waals surface area (Å²) in [5, 5.41) is 17.8. The van der Waals surface area contributed by atoms with E-state index in [1.54, 1.807) is 6.07 Å². The number of Topliss-reactive ketones (excluding diaryl/α,β-unsaturated/α-hetero) is 1. The predicted molar refractivity (Wildman–Crippen MR) is 96.7 cm³/mol. The molecule has 4 nitrogen and oxygen atoms in total. The van der Waals surface area contributed by atoms with Gasteiger partial charge >= 0.3 is 5.97 Å². The van der Waals surface area contributed by atoms with Crippen LogP contribution in [0.3, 0.4) is 0 Å². The molecule has 1 aromatic carbocycles. The number of nitriles is 1. The maximum atomic E-state index is 12.2. The Bertz CT molecular complexity index is 672. The van der Waals surface area contributed by atoms with Gasteiger partial charge in [0.2, 0.25) is 0 Å². The number of carboxylic acid groups (broad SMARTS) is 1. The van der Waals surface area contributed by atoms with E-state index in [1.165, 1.54) is 0 Å². The van der Waals surface area contributed by atoms with Crippen LogP contribution < -0.4 is 0 Å². The molecule has 1 aliphatic rings. The summed E-state index contributed by atoms with van der Waals surface area (Å²) in [5.74, 6) is -0.0779. The average molecular weight is 339 g/mol. The molecule has 1 N–H and O–H groups in total. The Balaban J connectivity index is 1.85. The molecule has 2 rings (SSSR count). The van der Waals surface area contributed by atoms with Crippen LogP contribution in [0, 0.1) is 23.2 Å². The van der Waals surface area contributed by atoms with Crippen molar-refractivity contribution in [2.24, 2.45) is 11.8 Å². The summed E-state index contributed by atoms with van der Waals surface area (Å²) >= 11 is 0. The minimum absolute atomic E-state index is 0.0740. The Morgan fingerprint density at radius 1 is 1.24 bits per heavy atom. The zero-order chi connectivity index (χ0) is 18.1. The fraction of sp³-hybridized carbons (Fsp3) is 0.476. The average Bonchev–Trinajstić information content (AvgIpc) is 2.96. The number of hydrogen-bond donors (Lipinski definition) is 1. The Labute approximate surface area is 149 Å². The number of ketones is 1. The zero-order valence-corrected chi connectivity index (χ0v) is 14.5. The molecule has 0 aliphatic heterocycles. The normalized spacial score (nSPS) is 20.0. The first-order valence-corrected chi connectivity index (χ1v) is 9.03. The van der Waals surface area contributed by atoms with E-state index in [1.807, 2.05) is 24.3 Å². The summed E-state index contributed by atoms with van der Waals surface area (Å²) in [4.78, 5) is 22.7. The minimum atomic E-state index is -0.742. The van der Waals surface area contributed by atoms with Crippen LogP contribution in [0.25, 0.3) is 6.08 Å². The van der Waals surface area contributed by atoms with Crippen molar-refractivity contribution >= 4 is 17.8 Å². The molecular weight excluding hydrogens is 314 g/mol. The number of carbonyl (C=O) groups is 2. The lowest BCUT2D eigenvalue weighted by Gasteiger charge is -2.15. The van der Waals surface area contributed by atoms with Gasteiger partial charge in [-0.1, -0.05) is 49.6 Å². The topological polar surface area (TPSA) is 78.2 Å². The molecule has 132 valence electrons. The van der Waals surface area contributed by atoms with E-state index in [0.717, 1.165) is 37.7 Å². The van der Waals surface area contributed by atoms with E-state index in [2.05, 4.69) is 12.1 Å². The standard InChI is InChI=1S/C21H25NO3/c22-15-18-8-6-5-7-16(18)11-12-17-13-14-20(23)19(17)9-3-1-2-4-10-21(24)25/h5-8,11-12,17,19H,1-4,9-10,13-14H2,(H,24,25)/t17-,19+/m1/s1. The second kappa shape index (κ2) is 9.78. The minimum Gasteiger partial charge on any atom is -0.481 e. The number of carboxylic acids is 1. The van der Waals surface area contributed by atoms with E-state index in [-0.39, 0.29) is 18.3 Å². The van der Waals surface area contributed by atoms with Crippen LogP contribution in [0.2, 0.25) is 0 Å². The van der Waals surface area contributed by atoms with Crippen molar-refractivity contribution < 1.29 is 14.7 Å². The van der Waals surface area contributed by atoms with Crippen molar-refractivity contribution in [2.75, 3.05) is 0 Å². The number of hydrogen-bond acceptors (Lipinski definition) is 3. The van der Waals surface area contributed by atoms with Gasteiger partial charge in [0.1, 0.15) is 5.78 Å². The monoisotopic (exact) mass is 339 g/mol. The third-order valence-corrected chi connectivity index (χ3v) is 4.91. The van der Waals surface area contributed by atoms with Crippen LogP contribution in [-0.2, 0) is 9.59 Å². The number of aliphatic carboxylic acids is 1. The van der Waals surface area contributed by atoms with E-state index in [9.17, 15) is 9.59 Å². The van der Waals surface area contributed by atoms with Gasteiger partial charge in [0.25, 0.3) is 0 Å². The van der Waals surface area contributed by atoms with Gasteiger partial charge in [-0.25, -0.2) is 0 Å². The number of nitrogens with zero attached hydrogens (tertiary/aromatic N) is 1. The maximum absolute atomic E-state index is 12.2. The van der Waals surface area contributed by atoms with E-state index < -0.39 is 5.97 Å². The first-order chi connectivity index (χ1) is 12.1. The Morgan fingerprint density at radius 2 is 2.00 bits per heavy atom. The highest BCUT2D eigenvalue weighted by Crippen LogP contribution is 2.34. The van der Waals surface area contributed by atoms with Gasteiger partial charge in [-0.2, -0.15) is 5.26 Å². The van der Waals surface area contributed by atoms with Crippen molar-refractivity contribution in [2.45, 2.75) is 51.4 Å². The third kappa shape index (κ3) is 5.86. The molecule has 0 amide bonds. The summed E-state index contributed by atoms with van der Waals surface area (Å²) in [6.07, 6.45) is 10.3. The number of carbonyl (C=O) groups excluding carboxylic acids is 1. The molecule has 1 fully saturated rings. The summed E-state index contributed by atoms with van der Waals surface area (Å²) < 4.78 is 0. The summed E-state index contributed by atoms with van der Waals surface area (Å²) in [7, 11) is 0. The quantitative estimate of drug-likeness (QED) is 0.667. The molecule has 0 heterocycles. The molecule has 25 heavy (non-hydrogen) atoms. The zero-order valence-electron chi connectivity index (χ0n) is 14.5. The van der Waals surface area contributed by atoms with Gasteiger partial charge < -0.3 is 5.11 Å². The van der Waals surface area contributed by atoms with Crippen molar-refractivity contribution in [3.63, 3.8) is 0 Å². The van der Waals surface area contributed by atoms with Crippen LogP contribution in [0.1, 0.15) is 62.5 Å². The lowest BCUT2D eigenvalue weighted by Crippen LogP contribution is -2.13. The fourth-order valence-electron chi connectivity index (χ4n) is 3.51. The van der Waals surface area contributed by atoms with Crippen molar-refractivity contribution in [1.29, 1.82) is 5.26 Å². The highest BCUT2D eigenvalue weighted by Gasteiger charge is 2.32. The van der Waals surface area contributed by atoms with Gasteiger partial charge in [0.05, 0.1) is 11.6 Å². The molecule has 1 aromatic rings. The molecule has 0 radical (unpaired) electrons. The molecule has 0 aromatic heterocycles. The van der Waals surface area contributed by atoms with Crippen molar-refractivity contribution in [3.05, 3.63) is 41.5 Å². The molecule has 4 heteroatoms. The predicted octanol–water partition coefficient (Wildman–Crippen LogP) is 4.59. The highest BCUT2D eigenvalue weighted by atomic mass is 16.4. The second-order valence-electron chi connectivity index (χ2n) is 6.68. The third-order valence-electron chi connectivity index (χ3n) is 4.91. The van der Waals surface area contributed by atoms with Crippen LogP contribution >= 0.6 is 0 Å². The molecular formula is C21H25NO3. The number of benzene rings is 1. The largest absolute Gasteiger partial charge is 0.481 e. The number of rotatable bonds is 9. The second-order valence-corrected chi connectivity index (χ2v) is 6.68. The van der Waals surface area contributed by atoms with Crippen LogP contribution in [0.5, 0.6) is 0 Å². The first kappa shape index (κ1) is 18.9. The SMILES string of the molecule is N#Cc1ccccc1C=C[C@@H]1CCC(=O)[C@H]1CCCCCCC(=O)O. The maximum Gasteiger partial charge on any atom is 0.303 e. The van der Waals surface area contributed by atoms with E-state index in [0.29, 0.717) is 24.2 Å². The summed E-state index contributed by atoms with van der Waals surface area (Å²) in [6, 6.07) is 9.67. The van der Waals surface area contributed by atoms with Crippen LogP contribution in [-0.4, -0.2) is 16.9 Å². The number of allylic oxidation sites excluding steroid dienone is 1. The van der Waals surface area contributed by atoms with Gasteiger partial charge in [-0.3, -0.25) is 9.59 Å². The Kier molecular flexibility index (Phi) is 7.40. The van der Waals surface area contributed by atoms with E-state index in [4.69, 9.17) is 10.4 Å². The van der Waals surface area contributed by atoms with E-state index >= 15 is 0 Å². The molecule has 0 unspecified atom stereocenters. The van der Waals surface area contributed by atoms with Gasteiger partial charge in [-0.15, -0.1) is 0 Å². The molecule has 2 atom stereocenters. The van der Waals surface area contributed by atoms with Gasteiger partial charge in [0.15, 0.2) is 0 Å². The summed E-state index contributed by atoms with van der Waals surface area (Å²) in [5.41, 5.74) is 1.55. The van der Waals surface area contributed by atoms with Crippen molar-refractivity contribution in [3.8, 4) is 6.07 Å².